The van der Waals surface area contributed by atoms with E-state index in [1.807, 2.05) is 6.92 Å². The molecule has 0 fully saturated rings. The molecular weight excluding hydrogens is 312 g/mol. The summed E-state index contributed by atoms with van der Waals surface area (Å²) in [6, 6.07) is 4.31. The zero-order valence-corrected chi connectivity index (χ0v) is 12.4. The minimum atomic E-state index is 0.286. The van der Waals surface area contributed by atoms with Gasteiger partial charge in [-0.1, -0.05) is 27.5 Å². The molecule has 2 rings (SSSR count). The number of hydrogen-bond donors (Lipinski definition) is 0. The molecule has 15 heavy (non-hydrogen) atoms. The van der Waals surface area contributed by atoms with Crippen molar-refractivity contribution in [3.63, 3.8) is 0 Å². The molecule has 0 radical (unpaired) electrons. The van der Waals surface area contributed by atoms with Crippen LogP contribution in [-0.2, 0) is 0 Å². The van der Waals surface area contributed by atoms with Crippen molar-refractivity contribution in [1.29, 1.82) is 0 Å². The van der Waals surface area contributed by atoms with Gasteiger partial charge in [0.05, 0.1) is 9.16 Å². The monoisotopic (exact) mass is 320 g/mol. The molecule has 0 bridgehead atoms. The molecule has 0 saturated heterocycles. The molecule has 4 heteroatoms. The van der Waals surface area contributed by atoms with Crippen molar-refractivity contribution < 1.29 is 0 Å². The van der Waals surface area contributed by atoms with Crippen LogP contribution < -0.4 is 0 Å². The van der Waals surface area contributed by atoms with Crippen LogP contribution >= 0.6 is 50.2 Å². The minimum absolute atomic E-state index is 0.286. The van der Waals surface area contributed by atoms with Crippen LogP contribution in [0.2, 0.25) is 4.34 Å². The van der Waals surface area contributed by atoms with Gasteiger partial charge in [-0.3, -0.25) is 0 Å². The number of aryl methyl sites for hydroxylation is 2. The Morgan fingerprint density at radius 3 is 2.53 bits per heavy atom. The molecule has 80 valence electrons. The van der Waals surface area contributed by atoms with Gasteiger partial charge in [0.1, 0.15) is 0 Å². The van der Waals surface area contributed by atoms with Crippen LogP contribution in [0.25, 0.3) is 0 Å². The predicted octanol–water partition coefficient (Wildman–Crippen LogP) is 5.56. The topological polar surface area (TPSA) is 0 Å². The van der Waals surface area contributed by atoms with Crippen LogP contribution in [0.3, 0.4) is 0 Å². The first-order valence-corrected chi connectivity index (χ1v) is 7.52. The van der Waals surface area contributed by atoms with Gasteiger partial charge in [-0.05, 0) is 42.5 Å². The number of alkyl halides is 1. The van der Waals surface area contributed by atoms with Gasteiger partial charge in [0.2, 0.25) is 0 Å². The van der Waals surface area contributed by atoms with E-state index in [9.17, 15) is 0 Å². The SMILES string of the molecule is Cc1cc(C(Br)c2sccc2C)sc1Cl. The largest absolute Gasteiger partial charge is 0.147 e. The van der Waals surface area contributed by atoms with Crippen LogP contribution in [0.1, 0.15) is 25.7 Å². The van der Waals surface area contributed by atoms with Crippen molar-refractivity contribution in [2.45, 2.75) is 18.7 Å². The maximum atomic E-state index is 6.08. The molecule has 2 heterocycles. The summed E-state index contributed by atoms with van der Waals surface area (Å²) in [4.78, 5) is 2.93. The van der Waals surface area contributed by atoms with Crippen LogP contribution in [0.5, 0.6) is 0 Å². The fourth-order valence-corrected chi connectivity index (χ4v) is 4.68. The summed E-state index contributed by atoms with van der Waals surface area (Å²) in [5.41, 5.74) is 2.50. The van der Waals surface area contributed by atoms with Gasteiger partial charge >= 0.3 is 0 Å². The Labute approximate surface area is 111 Å². The fourth-order valence-electron chi connectivity index (χ4n) is 1.38. The third-order valence-electron chi connectivity index (χ3n) is 2.26. The summed E-state index contributed by atoms with van der Waals surface area (Å²) in [5.74, 6) is 0. The minimum Gasteiger partial charge on any atom is -0.147 e. The van der Waals surface area contributed by atoms with E-state index in [-0.39, 0.29) is 4.83 Å². The van der Waals surface area contributed by atoms with E-state index >= 15 is 0 Å². The summed E-state index contributed by atoms with van der Waals surface area (Å²) in [5, 5.41) is 2.13. The molecule has 0 aliphatic heterocycles. The lowest BCUT2D eigenvalue weighted by atomic mass is 10.2. The van der Waals surface area contributed by atoms with Crippen LogP contribution in [0, 0.1) is 13.8 Å². The molecule has 1 atom stereocenters. The molecule has 2 aromatic heterocycles. The normalized spacial score (nSPS) is 13.1. The highest BCUT2D eigenvalue weighted by atomic mass is 79.9. The number of halogens is 2. The zero-order valence-electron chi connectivity index (χ0n) is 8.38. The van der Waals surface area contributed by atoms with Crippen molar-refractivity contribution in [2.24, 2.45) is 0 Å². The second-order valence-corrected chi connectivity index (χ2v) is 6.99. The van der Waals surface area contributed by atoms with Crippen molar-refractivity contribution in [3.05, 3.63) is 42.7 Å². The second kappa shape index (κ2) is 4.58. The molecule has 1 unspecified atom stereocenters. The van der Waals surface area contributed by atoms with Crippen molar-refractivity contribution in [1.82, 2.24) is 0 Å². The third kappa shape index (κ3) is 2.31. The molecule has 0 saturated carbocycles. The van der Waals surface area contributed by atoms with Gasteiger partial charge in [0.15, 0.2) is 0 Å². The predicted molar refractivity (Wildman–Crippen MR) is 73.9 cm³/mol. The molecule has 0 nitrogen and oxygen atoms in total. The quantitative estimate of drug-likeness (QED) is 0.635. The smallest absolute Gasteiger partial charge is 0.0960 e. The summed E-state index contributed by atoms with van der Waals surface area (Å²) >= 11 is 13.2. The third-order valence-corrected chi connectivity index (χ3v) is 6.52. The second-order valence-electron chi connectivity index (χ2n) is 3.44. The Bertz CT molecular complexity index is 453. The standard InChI is InChI=1S/C11H10BrClS2/c1-6-3-4-14-10(6)9(12)8-5-7(2)11(13)15-8/h3-5,9H,1-2H3. The van der Waals surface area contributed by atoms with E-state index in [0.717, 1.165) is 9.90 Å². The molecule has 0 N–H and O–H groups in total. The molecule has 0 amide bonds. The van der Waals surface area contributed by atoms with Crippen molar-refractivity contribution in [2.75, 3.05) is 0 Å². The molecule has 0 aliphatic carbocycles. The van der Waals surface area contributed by atoms with Gasteiger partial charge in [-0.15, -0.1) is 22.7 Å². The van der Waals surface area contributed by atoms with E-state index < -0.39 is 0 Å². The number of thiophene rings is 2. The molecular formula is C11H10BrClS2. The lowest BCUT2D eigenvalue weighted by Crippen LogP contribution is -1.87. The highest BCUT2D eigenvalue weighted by Crippen LogP contribution is 2.41. The molecule has 0 spiro atoms. The molecule has 0 aliphatic rings. The molecule has 0 aromatic carbocycles. The van der Waals surface area contributed by atoms with Crippen LogP contribution in [-0.4, -0.2) is 0 Å². The highest BCUT2D eigenvalue weighted by molar-refractivity contribution is 9.09. The van der Waals surface area contributed by atoms with Gasteiger partial charge in [-0.2, -0.15) is 0 Å². The average molecular weight is 322 g/mol. The Kier molecular flexibility index (Phi) is 3.56. The van der Waals surface area contributed by atoms with E-state index in [0.29, 0.717) is 0 Å². The van der Waals surface area contributed by atoms with E-state index in [2.05, 4.69) is 40.4 Å². The Morgan fingerprint density at radius 1 is 1.33 bits per heavy atom. The number of rotatable bonds is 2. The van der Waals surface area contributed by atoms with Crippen LogP contribution in [0.15, 0.2) is 17.5 Å². The van der Waals surface area contributed by atoms with Gasteiger partial charge in [-0.25, -0.2) is 0 Å². The van der Waals surface area contributed by atoms with Gasteiger partial charge in [0, 0.05) is 9.75 Å². The van der Waals surface area contributed by atoms with Crippen molar-refractivity contribution >= 4 is 50.2 Å². The first-order chi connectivity index (χ1) is 7.09. The Hall–Kier alpha value is 0.170. The summed E-state index contributed by atoms with van der Waals surface area (Å²) in [6.07, 6.45) is 0. The van der Waals surface area contributed by atoms with Gasteiger partial charge < -0.3 is 0 Å². The first kappa shape index (κ1) is 11.6. The lowest BCUT2D eigenvalue weighted by molar-refractivity contribution is 1.24. The highest BCUT2D eigenvalue weighted by Gasteiger charge is 2.17. The lowest BCUT2D eigenvalue weighted by Gasteiger charge is -2.05. The van der Waals surface area contributed by atoms with E-state index in [4.69, 9.17) is 11.6 Å². The van der Waals surface area contributed by atoms with E-state index in [1.54, 1.807) is 22.7 Å². The van der Waals surface area contributed by atoms with Crippen LogP contribution in [0.4, 0.5) is 0 Å². The van der Waals surface area contributed by atoms with Gasteiger partial charge in [0.25, 0.3) is 0 Å². The summed E-state index contributed by atoms with van der Waals surface area (Å²) in [6.45, 7) is 4.19. The Morgan fingerprint density at radius 2 is 2.07 bits per heavy atom. The Balaban J connectivity index is 2.36. The first-order valence-electron chi connectivity index (χ1n) is 4.53. The summed E-state index contributed by atoms with van der Waals surface area (Å²) in [7, 11) is 0. The fraction of sp³-hybridized carbons (Fsp3) is 0.273. The maximum absolute atomic E-state index is 6.08. The summed E-state index contributed by atoms with van der Waals surface area (Å²) < 4.78 is 0.892. The zero-order chi connectivity index (χ0) is 11.0. The van der Waals surface area contributed by atoms with Crippen molar-refractivity contribution in [3.8, 4) is 0 Å². The maximum Gasteiger partial charge on any atom is 0.0960 e. The molecule has 2 aromatic rings. The number of hydrogen-bond acceptors (Lipinski definition) is 2. The average Bonchev–Trinajstić information content (AvgIpc) is 2.74. The van der Waals surface area contributed by atoms with E-state index in [1.165, 1.54) is 15.3 Å².